The number of carbonyl (C=O) groups excluding carboxylic acids is 2. The Morgan fingerprint density at radius 3 is 2.44 bits per heavy atom. The van der Waals surface area contributed by atoms with E-state index in [4.69, 9.17) is 0 Å². The first-order valence-corrected chi connectivity index (χ1v) is 10.6. The van der Waals surface area contributed by atoms with Crippen molar-refractivity contribution in [2.24, 2.45) is 5.92 Å². The van der Waals surface area contributed by atoms with Crippen LogP contribution < -0.4 is 5.32 Å². The Balaban J connectivity index is 0.000000186. The minimum atomic E-state index is -0.312. The molecule has 1 fully saturated rings. The molecular weight excluding hydrogens is 409 g/mol. The van der Waals surface area contributed by atoms with E-state index in [0.29, 0.717) is 23.5 Å². The SMILES string of the molecule is CC(C)CC1C(=O)NC(c2ccccc2)CN1C.O=Cc1cc(-c2ccc(F)cc2)no1. The molecule has 3 aromatic rings. The molecule has 0 radical (unpaired) electrons. The largest absolute Gasteiger partial charge is 0.353 e. The molecule has 0 bridgehead atoms. The van der Waals surface area contributed by atoms with Crippen LogP contribution in [0.15, 0.2) is 65.2 Å². The number of piperazine rings is 1. The monoisotopic (exact) mass is 437 g/mol. The van der Waals surface area contributed by atoms with Crippen molar-refractivity contribution in [1.29, 1.82) is 0 Å². The van der Waals surface area contributed by atoms with Crippen molar-refractivity contribution in [3.05, 3.63) is 77.8 Å². The van der Waals surface area contributed by atoms with Gasteiger partial charge in [-0.25, -0.2) is 4.39 Å². The minimum Gasteiger partial charge on any atom is -0.353 e. The Kier molecular flexibility index (Phi) is 7.89. The summed E-state index contributed by atoms with van der Waals surface area (Å²) in [6.07, 6.45) is 1.49. The number of carbonyl (C=O) groups is 2. The lowest BCUT2D eigenvalue weighted by atomic mass is 9.96. The van der Waals surface area contributed by atoms with Crippen LogP contribution in [0, 0.1) is 11.7 Å². The molecule has 7 heteroatoms. The van der Waals surface area contributed by atoms with Gasteiger partial charge in [0.2, 0.25) is 5.91 Å². The van der Waals surface area contributed by atoms with Crippen LogP contribution in [0.25, 0.3) is 11.3 Å². The van der Waals surface area contributed by atoms with Gasteiger partial charge in [0.15, 0.2) is 12.0 Å². The standard InChI is InChI=1S/C15H22N2O.C10H6FNO2/c1-11(2)9-14-15(18)16-13(10-17(14)3)12-7-5-4-6-8-12;11-8-3-1-7(2-4-8)10-5-9(6-13)14-12-10/h4-8,11,13-14H,9-10H2,1-3H3,(H,16,18);1-6H. The fraction of sp³-hybridized carbons (Fsp3) is 0.320. The van der Waals surface area contributed by atoms with Crippen LogP contribution in [0.2, 0.25) is 0 Å². The average Bonchev–Trinajstić information content (AvgIpc) is 3.27. The molecule has 1 aliphatic rings. The van der Waals surface area contributed by atoms with Crippen LogP contribution in [-0.4, -0.2) is 41.9 Å². The van der Waals surface area contributed by atoms with Gasteiger partial charge in [-0.15, -0.1) is 0 Å². The van der Waals surface area contributed by atoms with Crippen LogP contribution in [0.3, 0.4) is 0 Å². The van der Waals surface area contributed by atoms with Gasteiger partial charge in [-0.1, -0.05) is 49.3 Å². The highest BCUT2D eigenvalue weighted by molar-refractivity contribution is 5.83. The van der Waals surface area contributed by atoms with Crippen molar-refractivity contribution in [3.63, 3.8) is 0 Å². The molecular formula is C25H28FN3O3. The van der Waals surface area contributed by atoms with Crippen LogP contribution in [-0.2, 0) is 4.79 Å². The molecule has 2 aromatic carbocycles. The zero-order valence-corrected chi connectivity index (χ0v) is 18.5. The Hall–Kier alpha value is -3.32. The fourth-order valence-electron chi connectivity index (χ4n) is 3.64. The number of aromatic nitrogens is 1. The number of aldehydes is 1. The van der Waals surface area contributed by atoms with Gasteiger partial charge < -0.3 is 9.84 Å². The lowest BCUT2D eigenvalue weighted by molar-refractivity contribution is -0.130. The topological polar surface area (TPSA) is 75.4 Å². The van der Waals surface area contributed by atoms with Gasteiger partial charge in [-0.3, -0.25) is 14.5 Å². The summed E-state index contributed by atoms with van der Waals surface area (Å²) in [6.45, 7) is 5.20. The van der Waals surface area contributed by atoms with Crippen molar-refractivity contribution in [3.8, 4) is 11.3 Å². The first-order valence-electron chi connectivity index (χ1n) is 10.6. The molecule has 0 saturated carbocycles. The number of hydrogen-bond donors (Lipinski definition) is 1. The maximum absolute atomic E-state index is 12.6. The number of nitrogens with zero attached hydrogens (tertiary/aromatic N) is 2. The maximum Gasteiger partial charge on any atom is 0.237 e. The van der Waals surface area contributed by atoms with Crippen LogP contribution in [0.4, 0.5) is 4.39 Å². The molecule has 2 heterocycles. The summed E-state index contributed by atoms with van der Waals surface area (Å²) in [5.41, 5.74) is 2.41. The molecule has 168 valence electrons. The second-order valence-electron chi connectivity index (χ2n) is 8.30. The molecule has 32 heavy (non-hydrogen) atoms. The quantitative estimate of drug-likeness (QED) is 0.595. The maximum atomic E-state index is 12.6. The van der Waals surface area contributed by atoms with Crippen LogP contribution >= 0.6 is 0 Å². The number of likely N-dealkylation sites (N-methyl/N-ethyl adjacent to an activating group) is 1. The number of halogens is 1. The predicted octanol–water partition coefficient (Wildman–Crippen LogP) is 4.50. The van der Waals surface area contributed by atoms with Gasteiger partial charge in [0, 0.05) is 18.2 Å². The van der Waals surface area contributed by atoms with Gasteiger partial charge in [-0.2, -0.15) is 0 Å². The Bertz CT molecular complexity index is 1020. The zero-order valence-electron chi connectivity index (χ0n) is 18.5. The highest BCUT2D eigenvalue weighted by Crippen LogP contribution is 2.22. The molecule has 1 N–H and O–H groups in total. The summed E-state index contributed by atoms with van der Waals surface area (Å²) >= 11 is 0. The van der Waals surface area contributed by atoms with E-state index in [9.17, 15) is 14.0 Å². The van der Waals surface area contributed by atoms with E-state index in [-0.39, 0.29) is 29.6 Å². The summed E-state index contributed by atoms with van der Waals surface area (Å²) < 4.78 is 17.3. The van der Waals surface area contributed by atoms with Crippen LogP contribution in [0.1, 0.15) is 42.4 Å². The Morgan fingerprint density at radius 1 is 1.19 bits per heavy atom. The van der Waals surface area contributed by atoms with Crippen molar-refractivity contribution in [1.82, 2.24) is 15.4 Å². The third kappa shape index (κ3) is 6.11. The number of benzene rings is 2. The average molecular weight is 438 g/mol. The highest BCUT2D eigenvalue weighted by Gasteiger charge is 2.32. The first kappa shape index (κ1) is 23.3. The number of hydrogen-bond acceptors (Lipinski definition) is 5. The zero-order chi connectivity index (χ0) is 23.1. The molecule has 1 saturated heterocycles. The predicted molar refractivity (Wildman–Crippen MR) is 120 cm³/mol. The van der Waals surface area contributed by atoms with Crippen molar-refractivity contribution in [2.45, 2.75) is 32.4 Å². The molecule has 2 atom stereocenters. The number of amides is 1. The van der Waals surface area contributed by atoms with Crippen molar-refractivity contribution in [2.75, 3.05) is 13.6 Å². The lowest BCUT2D eigenvalue weighted by Crippen LogP contribution is -2.55. The summed E-state index contributed by atoms with van der Waals surface area (Å²) in [4.78, 5) is 24.7. The fourth-order valence-corrected chi connectivity index (χ4v) is 3.64. The van der Waals surface area contributed by atoms with Gasteiger partial charge in [0.05, 0.1) is 12.1 Å². The summed E-state index contributed by atoms with van der Waals surface area (Å²) in [7, 11) is 2.04. The smallest absolute Gasteiger partial charge is 0.237 e. The lowest BCUT2D eigenvalue weighted by Gasteiger charge is -2.38. The van der Waals surface area contributed by atoms with Gasteiger partial charge >= 0.3 is 0 Å². The third-order valence-corrected chi connectivity index (χ3v) is 5.30. The van der Waals surface area contributed by atoms with E-state index in [1.807, 2.05) is 25.2 Å². The van der Waals surface area contributed by atoms with Gasteiger partial charge in [-0.05, 0) is 49.2 Å². The normalized spacial score (nSPS) is 18.6. The Morgan fingerprint density at radius 2 is 1.88 bits per heavy atom. The van der Waals surface area contributed by atoms with E-state index >= 15 is 0 Å². The summed E-state index contributed by atoms with van der Waals surface area (Å²) in [5.74, 6) is 0.542. The molecule has 2 unspecified atom stereocenters. The molecule has 1 amide bonds. The molecule has 0 aliphatic carbocycles. The summed E-state index contributed by atoms with van der Waals surface area (Å²) in [5, 5.41) is 6.80. The Labute approximate surface area is 187 Å². The second-order valence-corrected chi connectivity index (χ2v) is 8.30. The van der Waals surface area contributed by atoms with E-state index in [0.717, 1.165) is 13.0 Å². The van der Waals surface area contributed by atoms with E-state index in [1.165, 1.54) is 23.8 Å². The molecule has 0 spiro atoms. The van der Waals surface area contributed by atoms with Crippen LogP contribution in [0.5, 0.6) is 0 Å². The molecule has 1 aliphatic heterocycles. The van der Waals surface area contributed by atoms with E-state index in [1.54, 1.807) is 12.1 Å². The minimum absolute atomic E-state index is 0.0185. The molecule has 6 nitrogen and oxygen atoms in total. The van der Waals surface area contributed by atoms with E-state index < -0.39 is 0 Å². The highest BCUT2D eigenvalue weighted by atomic mass is 19.1. The van der Waals surface area contributed by atoms with Crippen molar-refractivity contribution < 1.29 is 18.5 Å². The van der Waals surface area contributed by atoms with Gasteiger partial charge in [0.1, 0.15) is 11.5 Å². The second kappa shape index (κ2) is 10.8. The van der Waals surface area contributed by atoms with Crippen molar-refractivity contribution >= 4 is 12.2 Å². The third-order valence-electron chi connectivity index (χ3n) is 5.30. The number of nitrogens with one attached hydrogen (secondary N) is 1. The first-order chi connectivity index (χ1) is 15.4. The molecule has 1 aromatic heterocycles. The summed E-state index contributed by atoms with van der Waals surface area (Å²) in [6, 6.07) is 17.6. The molecule has 4 rings (SSSR count). The van der Waals surface area contributed by atoms with E-state index in [2.05, 4.69) is 45.9 Å². The van der Waals surface area contributed by atoms with Gasteiger partial charge in [0.25, 0.3) is 0 Å². The number of rotatable bonds is 5.